The van der Waals surface area contributed by atoms with Crippen molar-refractivity contribution >= 4 is 11.1 Å². The summed E-state index contributed by atoms with van der Waals surface area (Å²) in [6.07, 6.45) is 1.01. The molecule has 0 aliphatic rings. The minimum absolute atomic E-state index is 0.348. The predicted octanol–water partition coefficient (Wildman–Crippen LogP) is 2.56. The second-order valence-electron chi connectivity index (χ2n) is 4.59. The molecular formula is C13H17NO3. The normalized spacial score (nSPS) is 11.3. The Labute approximate surface area is 99.8 Å². The lowest BCUT2D eigenvalue weighted by Gasteiger charge is -2.07. The molecule has 17 heavy (non-hydrogen) atoms. The average Bonchev–Trinajstić information content (AvgIpc) is 2.54. The van der Waals surface area contributed by atoms with Crippen LogP contribution in [0.15, 0.2) is 27.4 Å². The van der Waals surface area contributed by atoms with Crippen molar-refractivity contribution in [2.75, 3.05) is 6.61 Å². The van der Waals surface area contributed by atoms with Crippen LogP contribution in [0.5, 0.6) is 5.75 Å². The van der Waals surface area contributed by atoms with Crippen LogP contribution in [0.3, 0.4) is 0 Å². The molecule has 0 saturated heterocycles. The first-order valence-electron chi connectivity index (χ1n) is 5.80. The summed E-state index contributed by atoms with van der Waals surface area (Å²) in [4.78, 5) is 11.3. The molecule has 0 N–H and O–H groups in total. The molecule has 4 heteroatoms. The molecule has 92 valence electrons. The number of oxazole rings is 1. The lowest BCUT2D eigenvalue weighted by molar-refractivity contribution is 0.289. The largest absolute Gasteiger partial charge is 0.493 e. The topological polar surface area (TPSA) is 44.4 Å². The van der Waals surface area contributed by atoms with E-state index in [4.69, 9.17) is 9.15 Å². The highest BCUT2D eigenvalue weighted by atomic mass is 16.5. The van der Waals surface area contributed by atoms with E-state index in [2.05, 4.69) is 13.8 Å². The van der Waals surface area contributed by atoms with Gasteiger partial charge in [-0.15, -0.1) is 0 Å². The number of aromatic nitrogens is 1. The zero-order valence-electron chi connectivity index (χ0n) is 10.4. The quantitative estimate of drug-likeness (QED) is 0.818. The van der Waals surface area contributed by atoms with Gasteiger partial charge in [-0.25, -0.2) is 4.79 Å². The van der Waals surface area contributed by atoms with E-state index in [1.807, 2.05) is 12.1 Å². The van der Waals surface area contributed by atoms with Gasteiger partial charge in [0.05, 0.1) is 12.1 Å². The van der Waals surface area contributed by atoms with Gasteiger partial charge in [0.2, 0.25) is 0 Å². The molecule has 2 aromatic rings. The summed E-state index contributed by atoms with van der Waals surface area (Å²) in [5.74, 6) is 1.01. The molecule has 4 nitrogen and oxygen atoms in total. The van der Waals surface area contributed by atoms with Crippen molar-refractivity contribution in [3.63, 3.8) is 0 Å². The fourth-order valence-corrected chi connectivity index (χ4v) is 1.62. The van der Waals surface area contributed by atoms with E-state index in [-0.39, 0.29) is 5.76 Å². The number of nitrogens with zero attached hydrogens (tertiary/aromatic N) is 1. The maximum absolute atomic E-state index is 11.3. The highest BCUT2D eigenvalue weighted by molar-refractivity contribution is 5.74. The number of rotatable bonds is 4. The molecule has 0 atom stereocenters. The second kappa shape index (κ2) is 4.65. The molecule has 0 spiro atoms. The number of aryl methyl sites for hydroxylation is 1. The molecule has 0 saturated carbocycles. The van der Waals surface area contributed by atoms with Crippen LogP contribution in [0.2, 0.25) is 0 Å². The zero-order valence-corrected chi connectivity index (χ0v) is 10.4. The van der Waals surface area contributed by atoms with E-state index in [1.165, 1.54) is 4.57 Å². The molecule has 0 fully saturated rings. The molecular weight excluding hydrogens is 218 g/mol. The van der Waals surface area contributed by atoms with Gasteiger partial charge in [-0.1, -0.05) is 13.8 Å². The number of hydrogen-bond acceptors (Lipinski definition) is 3. The third-order valence-corrected chi connectivity index (χ3v) is 2.73. The summed E-state index contributed by atoms with van der Waals surface area (Å²) in [6.45, 7) is 4.99. The first-order valence-corrected chi connectivity index (χ1v) is 5.80. The van der Waals surface area contributed by atoms with Crippen LogP contribution in [-0.2, 0) is 7.05 Å². The predicted molar refractivity (Wildman–Crippen MR) is 66.4 cm³/mol. The van der Waals surface area contributed by atoms with Crippen molar-refractivity contribution < 1.29 is 9.15 Å². The van der Waals surface area contributed by atoms with Crippen molar-refractivity contribution in [3.8, 4) is 5.75 Å². The Morgan fingerprint density at radius 3 is 2.88 bits per heavy atom. The van der Waals surface area contributed by atoms with E-state index >= 15 is 0 Å². The summed E-state index contributed by atoms with van der Waals surface area (Å²) in [6, 6.07) is 5.46. The van der Waals surface area contributed by atoms with Gasteiger partial charge >= 0.3 is 5.76 Å². The Morgan fingerprint density at radius 1 is 1.41 bits per heavy atom. The number of benzene rings is 1. The van der Waals surface area contributed by atoms with Crippen molar-refractivity contribution in [2.24, 2.45) is 13.0 Å². The molecule has 0 amide bonds. The van der Waals surface area contributed by atoms with Crippen LogP contribution in [0, 0.1) is 5.92 Å². The van der Waals surface area contributed by atoms with E-state index in [9.17, 15) is 4.79 Å². The standard InChI is InChI=1S/C13H17NO3/c1-9(2)6-7-16-10-4-5-11-12(8-10)17-13(15)14(11)3/h4-5,8-9H,6-7H2,1-3H3. The number of ether oxygens (including phenoxy) is 1. The molecule has 1 aromatic carbocycles. The minimum atomic E-state index is -0.348. The molecule has 1 aromatic heterocycles. The third kappa shape index (κ3) is 2.52. The van der Waals surface area contributed by atoms with Crippen LogP contribution in [0.1, 0.15) is 20.3 Å². The summed E-state index contributed by atoms with van der Waals surface area (Å²) in [7, 11) is 1.69. The molecule has 0 aliphatic heterocycles. The monoisotopic (exact) mass is 235 g/mol. The van der Waals surface area contributed by atoms with Gasteiger partial charge in [0.1, 0.15) is 5.75 Å². The highest BCUT2D eigenvalue weighted by Gasteiger charge is 2.06. The lowest BCUT2D eigenvalue weighted by Crippen LogP contribution is -2.08. The summed E-state index contributed by atoms with van der Waals surface area (Å²) in [5.41, 5.74) is 1.35. The molecule has 0 bridgehead atoms. The van der Waals surface area contributed by atoms with Crippen LogP contribution >= 0.6 is 0 Å². The molecule has 2 rings (SSSR count). The van der Waals surface area contributed by atoms with Crippen LogP contribution in [0.25, 0.3) is 11.1 Å². The van der Waals surface area contributed by atoms with Crippen molar-refractivity contribution in [2.45, 2.75) is 20.3 Å². The van der Waals surface area contributed by atoms with Gasteiger partial charge in [0.25, 0.3) is 0 Å². The molecule has 0 radical (unpaired) electrons. The molecule has 1 heterocycles. The Hall–Kier alpha value is -1.71. The van der Waals surface area contributed by atoms with Crippen molar-refractivity contribution in [1.29, 1.82) is 0 Å². The van der Waals surface area contributed by atoms with Gasteiger partial charge < -0.3 is 9.15 Å². The fraction of sp³-hybridized carbons (Fsp3) is 0.462. The zero-order chi connectivity index (χ0) is 12.4. The Balaban J connectivity index is 2.18. The third-order valence-electron chi connectivity index (χ3n) is 2.73. The highest BCUT2D eigenvalue weighted by Crippen LogP contribution is 2.20. The Bertz CT molecular complexity index is 566. The Kier molecular flexibility index (Phi) is 3.22. The van der Waals surface area contributed by atoms with E-state index in [0.717, 1.165) is 17.7 Å². The van der Waals surface area contributed by atoms with Crippen LogP contribution < -0.4 is 10.5 Å². The first-order chi connectivity index (χ1) is 8.08. The van der Waals surface area contributed by atoms with Crippen LogP contribution in [0.4, 0.5) is 0 Å². The maximum Gasteiger partial charge on any atom is 0.419 e. The van der Waals surface area contributed by atoms with Gasteiger partial charge in [0, 0.05) is 13.1 Å². The summed E-state index contributed by atoms with van der Waals surface area (Å²) in [5, 5.41) is 0. The Morgan fingerprint density at radius 2 is 2.18 bits per heavy atom. The van der Waals surface area contributed by atoms with E-state index < -0.39 is 0 Å². The van der Waals surface area contributed by atoms with Crippen molar-refractivity contribution in [3.05, 3.63) is 28.7 Å². The summed E-state index contributed by atoms with van der Waals surface area (Å²) < 4.78 is 12.2. The SMILES string of the molecule is CC(C)CCOc1ccc2c(c1)oc(=O)n2C. The fourth-order valence-electron chi connectivity index (χ4n) is 1.62. The second-order valence-corrected chi connectivity index (χ2v) is 4.59. The van der Waals surface area contributed by atoms with Gasteiger partial charge in [-0.2, -0.15) is 0 Å². The maximum atomic E-state index is 11.3. The van der Waals surface area contributed by atoms with Gasteiger partial charge in [-0.3, -0.25) is 4.57 Å². The number of hydrogen-bond donors (Lipinski definition) is 0. The molecule has 0 unspecified atom stereocenters. The molecule has 0 aliphatic carbocycles. The van der Waals surface area contributed by atoms with E-state index in [0.29, 0.717) is 18.1 Å². The van der Waals surface area contributed by atoms with Gasteiger partial charge in [0.15, 0.2) is 5.58 Å². The minimum Gasteiger partial charge on any atom is -0.493 e. The lowest BCUT2D eigenvalue weighted by atomic mass is 10.1. The van der Waals surface area contributed by atoms with Crippen molar-refractivity contribution in [1.82, 2.24) is 4.57 Å². The number of fused-ring (bicyclic) bond motifs is 1. The average molecular weight is 235 g/mol. The van der Waals surface area contributed by atoms with E-state index in [1.54, 1.807) is 13.1 Å². The first kappa shape index (κ1) is 11.8. The smallest absolute Gasteiger partial charge is 0.419 e. The van der Waals surface area contributed by atoms with Gasteiger partial charge in [-0.05, 0) is 24.5 Å². The summed E-state index contributed by atoms with van der Waals surface area (Å²) >= 11 is 0. The van der Waals surface area contributed by atoms with Crippen LogP contribution in [-0.4, -0.2) is 11.2 Å².